The Balaban J connectivity index is 1.46. The number of ether oxygens (including phenoxy) is 3. The zero-order chi connectivity index (χ0) is 29.5. The Hall–Kier alpha value is -3.49. The van der Waals surface area contributed by atoms with E-state index in [0.29, 0.717) is 26.3 Å². The van der Waals surface area contributed by atoms with E-state index < -0.39 is 23.8 Å². The van der Waals surface area contributed by atoms with E-state index >= 15 is 0 Å². The lowest BCUT2D eigenvalue weighted by Crippen LogP contribution is -2.23. The van der Waals surface area contributed by atoms with Crippen molar-refractivity contribution in [3.63, 3.8) is 0 Å². The van der Waals surface area contributed by atoms with Crippen molar-refractivity contribution in [1.82, 2.24) is 4.57 Å². The van der Waals surface area contributed by atoms with Gasteiger partial charge in [0.25, 0.3) is 5.91 Å². The lowest BCUT2D eigenvalue weighted by atomic mass is 9.95. The molecule has 2 aromatic heterocycles. The Kier molecular flexibility index (Phi) is 10.3. The van der Waals surface area contributed by atoms with Crippen LogP contribution in [0, 0.1) is 0 Å². The van der Waals surface area contributed by atoms with Crippen LogP contribution in [-0.2, 0) is 48.0 Å². The number of nitrogens with zero attached hydrogens (tertiary/aromatic N) is 2. The van der Waals surface area contributed by atoms with E-state index in [9.17, 15) is 24.0 Å². The first-order chi connectivity index (χ1) is 19.7. The summed E-state index contributed by atoms with van der Waals surface area (Å²) >= 11 is 3.62. The van der Waals surface area contributed by atoms with Crippen molar-refractivity contribution in [2.24, 2.45) is 4.99 Å². The molecule has 0 saturated heterocycles. The zero-order valence-electron chi connectivity index (χ0n) is 22.8. The number of thioether (sulfide) groups is 1. The quantitative estimate of drug-likeness (QED) is 0.266. The molecule has 0 radical (unpaired) electrons. The number of nitrogens with one attached hydrogen (secondary N) is 1. The van der Waals surface area contributed by atoms with Crippen LogP contribution in [0.15, 0.2) is 23.2 Å². The summed E-state index contributed by atoms with van der Waals surface area (Å²) in [4.78, 5) is 67.5. The molecule has 0 saturated carbocycles. The van der Waals surface area contributed by atoms with Crippen LogP contribution in [0.1, 0.15) is 50.9 Å². The van der Waals surface area contributed by atoms with Gasteiger partial charge in [0.2, 0.25) is 5.91 Å². The minimum atomic E-state index is -0.527. The Morgan fingerprint density at radius 2 is 1.80 bits per heavy atom. The molecule has 3 aromatic rings. The first-order valence-corrected chi connectivity index (χ1v) is 15.6. The standard InChI is InChI=1S/C27H29N3O8S3/c1-4-38-25(34)15-9-10-17-19(11-15)41-27(30(17)12-22(33)36-2)29-21(32)14-39-13-20(31)28-24-23(26(35)37-3)16-7-5-6-8-18(16)40-24/h9-11H,4-8,12-14H2,1-3H3,(H,28,31). The molecule has 4 rings (SSSR count). The van der Waals surface area contributed by atoms with E-state index in [0.717, 1.165) is 59.2 Å². The number of thiophene rings is 1. The first-order valence-electron chi connectivity index (χ1n) is 12.8. The molecule has 1 aromatic carbocycles. The summed E-state index contributed by atoms with van der Waals surface area (Å²) in [5.41, 5.74) is 2.31. The Bertz CT molecular complexity index is 1570. The Morgan fingerprint density at radius 1 is 1.02 bits per heavy atom. The van der Waals surface area contributed by atoms with E-state index in [1.54, 1.807) is 29.7 Å². The van der Waals surface area contributed by atoms with Crippen LogP contribution in [0.4, 0.5) is 5.00 Å². The number of aryl methyl sites for hydroxylation is 1. The number of hydrogen-bond acceptors (Lipinski definition) is 11. The lowest BCUT2D eigenvalue weighted by molar-refractivity contribution is -0.141. The maximum Gasteiger partial charge on any atom is 0.341 e. The highest BCUT2D eigenvalue weighted by Crippen LogP contribution is 2.38. The monoisotopic (exact) mass is 619 g/mol. The molecule has 0 atom stereocenters. The number of carbonyl (C=O) groups excluding carboxylic acids is 5. The van der Waals surface area contributed by atoms with Gasteiger partial charge in [-0.15, -0.1) is 23.1 Å². The molecule has 218 valence electrons. The van der Waals surface area contributed by atoms with Gasteiger partial charge < -0.3 is 24.1 Å². The van der Waals surface area contributed by atoms with Gasteiger partial charge in [-0.2, -0.15) is 4.99 Å². The molecule has 0 aliphatic heterocycles. The van der Waals surface area contributed by atoms with E-state index in [2.05, 4.69) is 10.3 Å². The molecule has 14 heteroatoms. The maximum absolute atomic E-state index is 12.7. The minimum Gasteiger partial charge on any atom is -0.468 e. The molecule has 41 heavy (non-hydrogen) atoms. The highest BCUT2D eigenvalue weighted by atomic mass is 32.2. The van der Waals surface area contributed by atoms with Gasteiger partial charge in [-0.05, 0) is 56.4 Å². The average Bonchev–Trinajstić information content (AvgIpc) is 3.49. The first kappa shape index (κ1) is 30.5. The molecule has 0 fully saturated rings. The summed E-state index contributed by atoms with van der Waals surface area (Å²) in [6.07, 6.45) is 3.65. The third-order valence-electron chi connectivity index (χ3n) is 6.20. The second kappa shape index (κ2) is 13.9. The van der Waals surface area contributed by atoms with Gasteiger partial charge in [-0.25, -0.2) is 9.59 Å². The van der Waals surface area contributed by atoms with Crippen molar-refractivity contribution in [3.8, 4) is 0 Å². The van der Waals surface area contributed by atoms with Crippen molar-refractivity contribution >= 4 is 79.4 Å². The summed E-state index contributed by atoms with van der Waals surface area (Å²) in [6.45, 7) is 1.77. The van der Waals surface area contributed by atoms with Gasteiger partial charge in [-0.1, -0.05) is 11.3 Å². The van der Waals surface area contributed by atoms with Gasteiger partial charge >= 0.3 is 17.9 Å². The van der Waals surface area contributed by atoms with Crippen LogP contribution in [0.5, 0.6) is 0 Å². The molecule has 0 bridgehead atoms. The number of fused-ring (bicyclic) bond motifs is 2. The number of aromatic nitrogens is 1. The van der Waals surface area contributed by atoms with Crippen LogP contribution in [0.2, 0.25) is 0 Å². The number of amides is 2. The fourth-order valence-corrected chi connectivity index (χ4v) is 7.33. The number of anilines is 1. The number of thiazole rings is 1. The number of rotatable bonds is 10. The van der Waals surface area contributed by atoms with Crippen molar-refractivity contribution in [2.75, 3.05) is 37.6 Å². The molecule has 0 spiro atoms. The number of esters is 3. The van der Waals surface area contributed by atoms with Gasteiger partial charge in [0.15, 0.2) is 4.80 Å². The molecule has 2 heterocycles. The van der Waals surface area contributed by atoms with Crippen LogP contribution >= 0.6 is 34.4 Å². The van der Waals surface area contributed by atoms with Gasteiger partial charge in [0.05, 0.1) is 53.7 Å². The summed E-state index contributed by atoms with van der Waals surface area (Å²) in [5.74, 6) is -2.44. The average molecular weight is 620 g/mol. The highest BCUT2D eigenvalue weighted by Gasteiger charge is 2.27. The fourth-order valence-electron chi connectivity index (χ4n) is 4.35. The molecule has 1 N–H and O–H groups in total. The molecule has 11 nitrogen and oxygen atoms in total. The molecule has 1 aliphatic rings. The van der Waals surface area contributed by atoms with Crippen molar-refractivity contribution in [2.45, 2.75) is 39.2 Å². The fraction of sp³-hybridized carbons (Fsp3) is 0.407. The van der Waals surface area contributed by atoms with E-state index in [1.165, 1.54) is 25.6 Å². The van der Waals surface area contributed by atoms with Crippen LogP contribution < -0.4 is 10.1 Å². The van der Waals surface area contributed by atoms with E-state index in [1.807, 2.05) is 0 Å². The zero-order valence-corrected chi connectivity index (χ0v) is 25.2. The van der Waals surface area contributed by atoms with Crippen LogP contribution in [-0.4, -0.2) is 66.6 Å². The second-order valence-corrected chi connectivity index (χ2v) is 12.0. The SMILES string of the molecule is CCOC(=O)c1ccc2c(c1)sc(=NC(=O)CSCC(=O)Nc1sc3c(c1C(=O)OC)CCCC3)n2CC(=O)OC. The lowest BCUT2D eigenvalue weighted by Gasteiger charge is -2.11. The van der Waals surface area contributed by atoms with E-state index in [-0.39, 0.29) is 35.4 Å². The summed E-state index contributed by atoms with van der Waals surface area (Å²) in [7, 11) is 2.58. The second-order valence-electron chi connectivity index (χ2n) is 8.90. The molecular formula is C27H29N3O8S3. The van der Waals surface area contributed by atoms with Crippen molar-refractivity contribution in [3.05, 3.63) is 44.6 Å². The highest BCUT2D eigenvalue weighted by molar-refractivity contribution is 8.00. The molecular weight excluding hydrogens is 591 g/mol. The molecule has 2 amide bonds. The summed E-state index contributed by atoms with van der Waals surface area (Å²) in [6, 6.07) is 4.87. The van der Waals surface area contributed by atoms with E-state index in [4.69, 9.17) is 14.2 Å². The van der Waals surface area contributed by atoms with Gasteiger partial charge in [0, 0.05) is 4.88 Å². The van der Waals surface area contributed by atoms with Crippen molar-refractivity contribution < 1.29 is 38.2 Å². The number of benzene rings is 1. The Labute approximate surface area is 247 Å². The summed E-state index contributed by atoms with van der Waals surface area (Å²) in [5, 5.41) is 3.28. The van der Waals surface area contributed by atoms with Crippen LogP contribution in [0.3, 0.4) is 0 Å². The normalized spacial score (nSPS) is 13.0. The van der Waals surface area contributed by atoms with Crippen molar-refractivity contribution in [1.29, 1.82) is 0 Å². The van der Waals surface area contributed by atoms with Gasteiger partial charge in [0.1, 0.15) is 11.5 Å². The maximum atomic E-state index is 12.7. The molecule has 0 unspecified atom stereocenters. The predicted molar refractivity (Wildman–Crippen MR) is 157 cm³/mol. The number of carbonyl (C=O) groups is 5. The Morgan fingerprint density at radius 3 is 2.54 bits per heavy atom. The summed E-state index contributed by atoms with van der Waals surface area (Å²) < 4.78 is 17.0. The number of methoxy groups -OCH3 is 2. The molecule has 1 aliphatic carbocycles. The third-order valence-corrected chi connectivity index (χ3v) is 9.37. The minimum absolute atomic E-state index is 0.0259. The topological polar surface area (TPSA) is 142 Å². The van der Waals surface area contributed by atoms with Crippen LogP contribution in [0.25, 0.3) is 10.2 Å². The largest absolute Gasteiger partial charge is 0.468 e. The third kappa shape index (κ3) is 7.24. The smallest absolute Gasteiger partial charge is 0.341 e. The van der Waals surface area contributed by atoms with Gasteiger partial charge in [-0.3, -0.25) is 14.4 Å². The predicted octanol–water partition coefficient (Wildman–Crippen LogP) is 3.58. The number of hydrogen-bond donors (Lipinski definition) is 1.